The molecule has 0 unspecified atom stereocenters. The molecule has 0 aliphatic carbocycles. The molecule has 4 nitrogen and oxygen atoms in total. The highest BCUT2D eigenvalue weighted by atomic mass is 32.1. The maximum Gasteiger partial charge on any atom is 0.123 e. The molecule has 1 aromatic carbocycles. The van der Waals surface area contributed by atoms with Gasteiger partial charge in [0, 0.05) is 30.8 Å². The first-order valence-electron chi connectivity index (χ1n) is 6.74. The van der Waals surface area contributed by atoms with Crippen LogP contribution in [-0.4, -0.2) is 42.3 Å². The first kappa shape index (κ1) is 15.2. The van der Waals surface area contributed by atoms with E-state index in [1.165, 1.54) is 0 Å². The molecule has 1 aromatic rings. The molecule has 110 valence electrons. The number of benzene rings is 1. The Hall–Kier alpha value is -1.17. The first-order valence-corrected chi connectivity index (χ1v) is 7.15. The molecule has 0 radical (unpaired) electrons. The number of nitrogens with zero attached hydrogens (tertiary/aromatic N) is 1. The number of morpholine rings is 1. The van der Waals surface area contributed by atoms with Crippen LogP contribution in [0.5, 0.6) is 5.75 Å². The van der Waals surface area contributed by atoms with Crippen LogP contribution in [0, 0.1) is 0 Å². The van der Waals surface area contributed by atoms with Gasteiger partial charge in [0.25, 0.3) is 0 Å². The Morgan fingerprint density at radius 1 is 1.50 bits per heavy atom. The van der Waals surface area contributed by atoms with Gasteiger partial charge in [0.2, 0.25) is 0 Å². The molecule has 5 heteroatoms. The van der Waals surface area contributed by atoms with Gasteiger partial charge < -0.3 is 15.2 Å². The summed E-state index contributed by atoms with van der Waals surface area (Å²) >= 11 is 5.05. The maximum atomic E-state index is 5.74. The Balaban J connectivity index is 2.18. The van der Waals surface area contributed by atoms with Crippen molar-refractivity contribution in [2.45, 2.75) is 26.0 Å². The van der Waals surface area contributed by atoms with E-state index in [1.54, 1.807) is 7.11 Å². The minimum Gasteiger partial charge on any atom is -0.496 e. The van der Waals surface area contributed by atoms with E-state index in [0.29, 0.717) is 4.99 Å². The van der Waals surface area contributed by atoms with E-state index < -0.39 is 0 Å². The summed E-state index contributed by atoms with van der Waals surface area (Å²) in [7, 11) is 1.68. The molecular weight excluding hydrogens is 272 g/mol. The minimum atomic E-state index is -0.105. The summed E-state index contributed by atoms with van der Waals surface area (Å²) in [5, 5.41) is 0. The van der Waals surface area contributed by atoms with Crippen LogP contribution in [0.3, 0.4) is 0 Å². The second kappa shape index (κ2) is 6.08. The quantitative estimate of drug-likeness (QED) is 0.860. The van der Waals surface area contributed by atoms with Crippen molar-refractivity contribution in [2.75, 3.05) is 26.8 Å². The van der Waals surface area contributed by atoms with E-state index in [-0.39, 0.29) is 5.60 Å². The van der Waals surface area contributed by atoms with Crippen molar-refractivity contribution in [3.63, 3.8) is 0 Å². The lowest BCUT2D eigenvalue weighted by Gasteiger charge is -2.38. The largest absolute Gasteiger partial charge is 0.496 e. The predicted octanol–water partition coefficient (Wildman–Crippen LogP) is 1.94. The van der Waals surface area contributed by atoms with Crippen molar-refractivity contribution in [1.29, 1.82) is 0 Å². The molecule has 0 aromatic heterocycles. The fraction of sp³-hybridized carbons (Fsp3) is 0.533. The van der Waals surface area contributed by atoms with Gasteiger partial charge >= 0.3 is 0 Å². The van der Waals surface area contributed by atoms with Gasteiger partial charge in [0.1, 0.15) is 10.7 Å². The van der Waals surface area contributed by atoms with Gasteiger partial charge in [0.05, 0.1) is 19.3 Å². The van der Waals surface area contributed by atoms with Gasteiger partial charge in [0.15, 0.2) is 0 Å². The Labute approximate surface area is 125 Å². The number of ether oxygens (including phenoxy) is 2. The van der Waals surface area contributed by atoms with Crippen LogP contribution < -0.4 is 10.5 Å². The number of hydrogen-bond acceptors (Lipinski definition) is 4. The van der Waals surface area contributed by atoms with E-state index in [2.05, 4.69) is 18.7 Å². The van der Waals surface area contributed by atoms with Gasteiger partial charge in [-0.2, -0.15) is 0 Å². The van der Waals surface area contributed by atoms with Gasteiger partial charge in [-0.25, -0.2) is 0 Å². The van der Waals surface area contributed by atoms with Crippen LogP contribution in [0.1, 0.15) is 25.0 Å². The zero-order valence-corrected chi connectivity index (χ0v) is 13.1. The normalized spacial score (nSPS) is 18.8. The highest BCUT2D eigenvalue weighted by Gasteiger charge is 2.27. The molecule has 1 saturated heterocycles. The van der Waals surface area contributed by atoms with Crippen LogP contribution in [0.15, 0.2) is 18.2 Å². The first-order chi connectivity index (χ1) is 9.41. The second-order valence-corrected chi connectivity index (χ2v) is 6.15. The molecule has 1 fully saturated rings. The predicted molar refractivity (Wildman–Crippen MR) is 84.2 cm³/mol. The van der Waals surface area contributed by atoms with Crippen molar-refractivity contribution < 1.29 is 9.47 Å². The average molecular weight is 294 g/mol. The van der Waals surface area contributed by atoms with Gasteiger partial charge in [-0.05, 0) is 32.0 Å². The van der Waals surface area contributed by atoms with E-state index in [1.807, 2.05) is 18.2 Å². The lowest BCUT2D eigenvalue weighted by molar-refractivity contribution is -0.0883. The number of hydrogen-bond donors (Lipinski definition) is 1. The van der Waals surface area contributed by atoms with Gasteiger partial charge in [-0.3, -0.25) is 4.90 Å². The fourth-order valence-corrected chi connectivity index (χ4v) is 2.67. The molecular formula is C15H22N2O2S. The Bertz CT molecular complexity index is 503. The standard InChI is InChI=1S/C15H22N2O2S/c1-15(2)10-17(6-7-19-15)9-12-8-11(14(16)20)4-5-13(12)18-3/h4-5,8H,6-7,9-10H2,1-3H3,(H2,16,20). The molecule has 0 amide bonds. The van der Waals surface area contributed by atoms with E-state index in [9.17, 15) is 0 Å². The topological polar surface area (TPSA) is 47.7 Å². The van der Waals surface area contributed by atoms with E-state index in [0.717, 1.165) is 43.1 Å². The lowest BCUT2D eigenvalue weighted by Crippen LogP contribution is -2.47. The molecule has 2 rings (SSSR count). The van der Waals surface area contributed by atoms with Crippen molar-refractivity contribution in [2.24, 2.45) is 5.73 Å². The van der Waals surface area contributed by atoms with E-state index in [4.69, 9.17) is 27.4 Å². The Morgan fingerprint density at radius 2 is 2.25 bits per heavy atom. The van der Waals surface area contributed by atoms with Crippen molar-refractivity contribution >= 4 is 17.2 Å². The number of rotatable bonds is 4. The summed E-state index contributed by atoms with van der Waals surface area (Å²) in [5.74, 6) is 0.870. The van der Waals surface area contributed by atoms with Crippen LogP contribution in [0.2, 0.25) is 0 Å². The van der Waals surface area contributed by atoms with Crippen LogP contribution in [0.25, 0.3) is 0 Å². The highest BCUT2D eigenvalue weighted by Crippen LogP contribution is 2.24. The van der Waals surface area contributed by atoms with Crippen molar-refractivity contribution in [1.82, 2.24) is 4.90 Å². The molecule has 20 heavy (non-hydrogen) atoms. The molecule has 1 aliphatic heterocycles. The Morgan fingerprint density at radius 3 is 2.85 bits per heavy atom. The van der Waals surface area contributed by atoms with Crippen LogP contribution in [0.4, 0.5) is 0 Å². The fourth-order valence-electron chi connectivity index (χ4n) is 2.55. The summed E-state index contributed by atoms with van der Waals surface area (Å²) in [4.78, 5) is 2.78. The average Bonchev–Trinajstić information content (AvgIpc) is 2.37. The number of nitrogens with two attached hydrogens (primary N) is 1. The lowest BCUT2D eigenvalue weighted by atomic mass is 10.0. The zero-order chi connectivity index (χ0) is 14.8. The maximum absolute atomic E-state index is 5.74. The zero-order valence-electron chi connectivity index (χ0n) is 12.3. The summed E-state index contributed by atoms with van der Waals surface area (Å²) < 4.78 is 11.2. The summed E-state index contributed by atoms with van der Waals surface area (Å²) in [6.45, 7) is 7.61. The Kier molecular flexibility index (Phi) is 4.62. The third kappa shape index (κ3) is 3.69. The third-order valence-electron chi connectivity index (χ3n) is 3.46. The third-order valence-corrected chi connectivity index (χ3v) is 3.70. The molecule has 1 heterocycles. The smallest absolute Gasteiger partial charge is 0.123 e. The number of thiocarbonyl (C=S) groups is 1. The molecule has 0 atom stereocenters. The van der Waals surface area contributed by atoms with Crippen molar-refractivity contribution in [3.8, 4) is 5.75 Å². The van der Waals surface area contributed by atoms with E-state index >= 15 is 0 Å². The molecule has 0 spiro atoms. The van der Waals surface area contributed by atoms with Crippen LogP contribution >= 0.6 is 12.2 Å². The molecule has 0 saturated carbocycles. The summed E-state index contributed by atoms with van der Waals surface area (Å²) in [6.07, 6.45) is 0. The molecule has 1 aliphatic rings. The second-order valence-electron chi connectivity index (χ2n) is 5.71. The van der Waals surface area contributed by atoms with Crippen molar-refractivity contribution in [3.05, 3.63) is 29.3 Å². The summed E-state index contributed by atoms with van der Waals surface area (Å²) in [6, 6.07) is 5.84. The summed E-state index contributed by atoms with van der Waals surface area (Å²) in [5.41, 5.74) is 7.59. The van der Waals surface area contributed by atoms with Gasteiger partial charge in [-0.1, -0.05) is 12.2 Å². The SMILES string of the molecule is COc1ccc(C(N)=S)cc1CN1CCOC(C)(C)C1. The monoisotopic (exact) mass is 294 g/mol. The van der Waals surface area contributed by atoms with Gasteiger partial charge in [-0.15, -0.1) is 0 Å². The molecule has 0 bridgehead atoms. The van der Waals surface area contributed by atoms with Crippen LogP contribution in [-0.2, 0) is 11.3 Å². The molecule has 2 N–H and O–H groups in total. The minimum absolute atomic E-state index is 0.105. The highest BCUT2D eigenvalue weighted by molar-refractivity contribution is 7.80. The number of methoxy groups -OCH3 is 1.